The Labute approximate surface area is 97.4 Å². The molecule has 15 heavy (non-hydrogen) atoms. The zero-order valence-corrected chi connectivity index (χ0v) is 10.6. The summed E-state index contributed by atoms with van der Waals surface area (Å²) in [6.45, 7) is 8.68. The molecule has 1 saturated heterocycles. The summed E-state index contributed by atoms with van der Waals surface area (Å²) in [6.07, 6.45) is 8.28. The van der Waals surface area contributed by atoms with Crippen LogP contribution in [0.2, 0.25) is 0 Å². The Morgan fingerprint density at radius 2 is 2.13 bits per heavy atom. The third kappa shape index (κ3) is 1.78. The van der Waals surface area contributed by atoms with E-state index in [1.54, 1.807) is 5.57 Å². The molecule has 1 N–H and O–H groups in total. The molecule has 1 aliphatic carbocycles. The lowest BCUT2D eigenvalue weighted by Gasteiger charge is -2.36. The molecular weight excluding hydrogens is 202 g/mol. The molecule has 1 spiro atoms. The van der Waals surface area contributed by atoms with Gasteiger partial charge in [0, 0.05) is 5.25 Å². The summed E-state index contributed by atoms with van der Waals surface area (Å²) in [5.41, 5.74) is 3.64. The molecule has 1 heterocycles. The molecule has 0 aromatic rings. The van der Waals surface area contributed by atoms with Gasteiger partial charge < -0.3 is 5.32 Å². The summed E-state index contributed by atoms with van der Waals surface area (Å²) < 4.78 is 0. The van der Waals surface area contributed by atoms with Gasteiger partial charge in [0.05, 0.1) is 0 Å². The molecule has 1 aliphatic heterocycles. The number of piperidine rings is 1. The van der Waals surface area contributed by atoms with Crippen LogP contribution in [0.25, 0.3) is 0 Å². The zero-order chi connectivity index (χ0) is 10.9. The van der Waals surface area contributed by atoms with Crippen LogP contribution in [0.5, 0.6) is 0 Å². The molecule has 0 aromatic heterocycles. The second-order valence-electron chi connectivity index (χ2n) is 4.74. The normalized spacial score (nSPS) is 29.9. The van der Waals surface area contributed by atoms with Crippen LogP contribution in [0.4, 0.5) is 0 Å². The highest BCUT2D eigenvalue weighted by Gasteiger charge is 2.42. The Hall–Kier alpha value is -0.210. The van der Waals surface area contributed by atoms with E-state index in [0.29, 0.717) is 10.7 Å². The van der Waals surface area contributed by atoms with Crippen LogP contribution < -0.4 is 5.32 Å². The third-order valence-electron chi connectivity index (χ3n) is 4.22. The van der Waals surface area contributed by atoms with Crippen molar-refractivity contribution in [3.8, 4) is 0 Å². The van der Waals surface area contributed by atoms with Crippen molar-refractivity contribution >= 4 is 11.8 Å². The summed E-state index contributed by atoms with van der Waals surface area (Å²) in [7, 11) is 0. The lowest BCUT2D eigenvalue weighted by Crippen LogP contribution is -2.36. The Morgan fingerprint density at radius 3 is 2.60 bits per heavy atom. The largest absolute Gasteiger partial charge is 0.317 e. The van der Waals surface area contributed by atoms with Gasteiger partial charge in [-0.05, 0) is 56.5 Å². The van der Waals surface area contributed by atoms with Crippen LogP contribution in [-0.2, 0) is 0 Å². The average Bonchev–Trinajstić information content (AvgIpc) is 2.53. The number of allylic oxidation sites excluding steroid dienone is 2. The molecule has 0 amide bonds. The third-order valence-corrected chi connectivity index (χ3v) is 5.21. The van der Waals surface area contributed by atoms with E-state index in [1.165, 1.54) is 37.9 Å². The van der Waals surface area contributed by atoms with E-state index in [1.807, 2.05) is 11.8 Å². The number of thioether (sulfide) groups is 1. The van der Waals surface area contributed by atoms with E-state index in [9.17, 15) is 0 Å². The fourth-order valence-electron chi connectivity index (χ4n) is 3.14. The smallest absolute Gasteiger partial charge is 0.0302 e. The summed E-state index contributed by atoms with van der Waals surface area (Å²) in [5.74, 6) is 0. The lowest BCUT2D eigenvalue weighted by molar-refractivity contribution is 0.253. The van der Waals surface area contributed by atoms with Crippen LogP contribution in [-0.4, -0.2) is 24.6 Å². The van der Waals surface area contributed by atoms with Crippen molar-refractivity contribution in [2.75, 3.05) is 19.3 Å². The van der Waals surface area contributed by atoms with Gasteiger partial charge in [-0.2, -0.15) is 11.8 Å². The Morgan fingerprint density at radius 1 is 1.47 bits per heavy atom. The quantitative estimate of drug-likeness (QED) is 0.772. The summed E-state index contributed by atoms with van der Waals surface area (Å²) in [4.78, 5) is 0. The predicted molar refractivity (Wildman–Crippen MR) is 69.4 cm³/mol. The van der Waals surface area contributed by atoms with Crippen molar-refractivity contribution in [1.29, 1.82) is 0 Å². The minimum absolute atomic E-state index is 0.502. The summed E-state index contributed by atoms with van der Waals surface area (Å²) in [6, 6.07) is 0. The molecule has 0 bridgehead atoms. The molecular formula is C13H21NS. The number of nitrogens with one attached hydrogen (secondary N) is 1. The SMILES string of the molecule is C=CC1=C(C)C2(CCNCC2)CC1SC. The van der Waals surface area contributed by atoms with Crippen molar-refractivity contribution in [2.24, 2.45) is 5.41 Å². The van der Waals surface area contributed by atoms with Crippen LogP contribution in [0, 0.1) is 5.41 Å². The van der Waals surface area contributed by atoms with Gasteiger partial charge in [-0.1, -0.05) is 18.2 Å². The van der Waals surface area contributed by atoms with E-state index >= 15 is 0 Å². The van der Waals surface area contributed by atoms with Gasteiger partial charge in [0.25, 0.3) is 0 Å². The molecule has 2 heteroatoms. The van der Waals surface area contributed by atoms with Crippen LogP contribution in [0.15, 0.2) is 23.8 Å². The highest BCUT2D eigenvalue weighted by Crippen LogP contribution is 2.51. The summed E-state index contributed by atoms with van der Waals surface area (Å²) in [5, 5.41) is 4.16. The topological polar surface area (TPSA) is 12.0 Å². The monoisotopic (exact) mass is 223 g/mol. The van der Waals surface area contributed by atoms with Gasteiger partial charge in [0.15, 0.2) is 0 Å². The van der Waals surface area contributed by atoms with Crippen LogP contribution in [0.3, 0.4) is 0 Å². The van der Waals surface area contributed by atoms with Crippen molar-refractivity contribution in [3.63, 3.8) is 0 Å². The minimum atomic E-state index is 0.502. The fraction of sp³-hybridized carbons (Fsp3) is 0.692. The maximum absolute atomic E-state index is 3.98. The molecule has 0 radical (unpaired) electrons. The van der Waals surface area contributed by atoms with Crippen molar-refractivity contribution in [3.05, 3.63) is 23.8 Å². The van der Waals surface area contributed by atoms with E-state index in [4.69, 9.17) is 0 Å². The minimum Gasteiger partial charge on any atom is -0.317 e. The van der Waals surface area contributed by atoms with E-state index in [-0.39, 0.29) is 0 Å². The highest BCUT2D eigenvalue weighted by atomic mass is 32.2. The van der Waals surface area contributed by atoms with E-state index < -0.39 is 0 Å². The maximum Gasteiger partial charge on any atom is 0.0302 e. The first-order valence-electron chi connectivity index (χ1n) is 5.81. The Bertz CT molecular complexity index is 287. The highest BCUT2D eigenvalue weighted by molar-refractivity contribution is 7.99. The number of hydrogen-bond donors (Lipinski definition) is 1. The van der Waals surface area contributed by atoms with Crippen molar-refractivity contribution in [2.45, 2.75) is 31.4 Å². The molecule has 1 nitrogen and oxygen atoms in total. The molecule has 84 valence electrons. The fourth-order valence-corrected chi connectivity index (χ4v) is 4.16. The number of rotatable bonds is 2. The van der Waals surface area contributed by atoms with E-state index in [2.05, 4.69) is 31.2 Å². The van der Waals surface area contributed by atoms with Gasteiger partial charge >= 0.3 is 0 Å². The molecule has 2 rings (SSSR count). The second-order valence-corrected chi connectivity index (χ2v) is 5.78. The van der Waals surface area contributed by atoms with Gasteiger partial charge in [-0.15, -0.1) is 0 Å². The number of hydrogen-bond acceptors (Lipinski definition) is 2. The molecule has 1 fully saturated rings. The molecule has 1 atom stereocenters. The first-order chi connectivity index (χ1) is 7.23. The van der Waals surface area contributed by atoms with Crippen molar-refractivity contribution in [1.82, 2.24) is 5.32 Å². The Balaban J connectivity index is 2.29. The first kappa shape index (κ1) is 11.3. The summed E-state index contributed by atoms with van der Waals surface area (Å²) >= 11 is 1.99. The van der Waals surface area contributed by atoms with Crippen LogP contribution in [0.1, 0.15) is 26.2 Å². The molecule has 0 saturated carbocycles. The standard InChI is InChI=1S/C13H21NS/c1-4-11-10(2)13(9-12(11)15-3)5-7-14-8-6-13/h4,12,14H,1,5-9H2,2-3H3. The van der Waals surface area contributed by atoms with Crippen LogP contribution >= 0.6 is 11.8 Å². The Kier molecular flexibility index (Phi) is 3.27. The van der Waals surface area contributed by atoms with E-state index in [0.717, 1.165) is 0 Å². The van der Waals surface area contributed by atoms with Gasteiger partial charge in [-0.25, -0.2) is 0 Å². The predicted octanol–water partition coefficient (Wildman–Crippen LogP) is 2.99. The first-order valence-corrected chi connectivity index (χ1v) is 7.09. The molecule has 2 aliphatic rings. The van der Waals surface area contributed by atoms with Gasteiger partial charge in [0.1, 0.15) is 0 Å². The molecule has 1 unspecified atom stereocenters. The van der Waals surface area contributed by atoms with Crippen molar-refractivity contribution < 1.29 is 0 Å². The molecule has 0 aromatic carbocycles. The van der Waals surface area contributed by atoms with Gasteiger partial charge in [-0.3, -0.25) is 0 Å². The zero-order valence-electron chi connectivity index (χ0n) is 9.81. The average molecular weight is 223 g/mol. The maximum atomic E-state index is 3.98. The lowest BCUT2D eigenvalue weighted by atomic mass is 9.74. The second kappa shape index (κ2) is 4.34. The van der Waals surface area contributed by atoms with Gasteiger partial charge in [0.2, 0.25) is 0 Å².